The number of carbonyl (C=O) groups is 1. The zero-order chi connectivity index (χ0) is 21.2. The number of hydrogen-bond donors (Lipinski definition) is 2. The third kappa shape index (κ3) is 6.10. The van der Waals surface area contributed by atoms with Crippen LogP contribution in [0.25, 0.3) is 0 Å². The first kappa shape index (κ1) is 21.4. The van der Waals surface area contributed by atoms with Crippen molar-refractivity contribution >= 4 is 17.7 Å². The molecule has 0 aliphatic carbocycles. The standard InChI is InChI=1S/C22H30N6O2/c1-23-22(26-17-18-6-5-7-19(16-18)30-2)25-11-9-21(29)28-14-12-27(13-15-28)20-8-3-4-10-24-20/h3-8,10,16H,9,11-15,17H2,1-2H3,(H2,23,25,26). The second-order valence-corrected chi connectivity index (χ2v) is 7.01. The highest BCUT2D eigenvalue weighted by Crippen LogP contribution is 2.13. The van der Waals surface area contributed by atoms with Gasteiger partial charge in [-0.25, -0.2) is 4.98 Å². The fourth-order valence-electron chi connectivity index (χ4n) is 3.36. The fraction of sp³-hybridized carbons (Fsp3) is 0.409. The Balaban J connectivity index is 1.37. The molecule has 0 bridgehead atoms. The zero-order valence-corrected chi connectivity index (χ0v) is 17.7. The van der Waals surface area contributed by atoms with E-state index in [4.69, 9.17) is 4.74 Å². The second-order valence-electron chi connectivity index (χ2n) is 7.01. The first-order valence-electron chi connectivity index (χ1n) is 10.2. The Morgan fingerprint density at radius 1 is 1.13 bits per heavy atom. The van der Waals surface area contributed by atoms with Crippen molar-refractivity contribution in [2.24, 2.45) is 4.99 Å². The van der Waals surface area contributed by atoms with Crippen LogP contribution in [0.1, 0.15) is 12.0 Å². The Morgan fingerprint density at radius 2 is 1.97 bits per heavy atom. The maximum atomic E-state index is 12.5. The zero-order valence-electron chi connectivity index (χ0n) is 17.7. The van der Waals surface area contributed by atoms with E-state index in [0.717, 1.165) is 43.3 Å². The van der Waals surface area contributed by atoms with E-state index in [1.165, 1.54) is 0 Å². The van der Waals surface area contributed by atoms with Crippen LogP contribution in [0.2, 0.25) is 0 Å². The number of ether oxygens (including phenoxy) is 1. The van der Waals surface area contributed by atoms with Crippen molar-refractivity contribution in [1.82, 2.24) is 20.5 Å². The first-order chi connectivity index (χ1) is 14.7. The highest BCUT2D eigenvalue weighted by Gasteiger charge is 2.21. The van der Waals surface area contributed by atoms with Gasteiger partial charge in [-0.3, -0.25) is 9.79 Å². The number of guanidine groups is 1. The van der Waals surface area contributed by atoms with Crippen LogP contribution in [0.5, 0.6) is 5.75 Å². The molecule has 2 heterocycles. The van der Waals surface area contributed by atoms with Gasteiger partial charge in [0.1, 0.15) is 11.6 Å². The number of methoxy groups -OCH3 is 1. The molecule has 2 aromatic rings. The number of amides is 1. The van der Waals surface area contributed by atoms with Crippen molar-refractivity contribution in [3.05, 3.63) is 54.2 Å². The SMILES string of the molecule is CN=C(NCCC(=O)N1CCN(c2ccccn2)CC1)NCc1cccc(OC)c1. The first-order valence-corrected chi connectivity index (χ1v) is 10.2. The average Bonchev–Trinajstić information content (AvgIpc) is 2.82. The molecule has 0 spiro atoms. The summed E-state index contributed by atoms with van der Waals surface area (Å²) in [5, 5.41) is 6.47. The largest absolute Gasteiger partial charge is 0.497 e. The number of nitrogens with one attached hydrogen (secondary N) is 2. The minimum absolute atomic E-state index is 0.159. The molecule has 30 heavy (non-hydrogen) atoms. The molecule has 2 N–H and O–H groups in total. The van der Waals surface area contributed by atoms with Crippen LogP contribution in [0.4, 0.5) is 5.82 Å². The quantitative estimate of drug-likeness (QED) is 0.532. The Morgan fingerprint density at radius 3 is 2.67 bits per heavy atom. The predicted octanol–water partition coefficient (Wildman–Crippen LogP) is 1.49. The summed E-state index contributed by atoms with van der Waals surface area (Å²) in [6, 6.07) is 13.8. The van der Waals surface area contributed by atoms with E-state index >= 15 is 0 Å². The molecule has 1 fully saturated rings. The molecular weight excluding hydrogens is 380 g/mol. The monoisotopic (exact) mass is 410 g/mol. The lowest BCUT2D eigenvalue weighted by atomic mass is 10.2. The molecule has 8 heteroatoms. The summed E-state index contributed by atoms with van der Waals surface area (Å²) in [7, 11) is 3.38. The van der Waals surface area contributed by atoms with Crippen molar-refractivity contribution in [2.45, 2.75) is 13.0 Å². The lowest BCUT2D eigenvalue weighted by Gasteiger charge is -2.35. The van der Waals surface area contributed by atoms with E-state index in [0.29, 0.717) is 25.5 Å². The highest BCUT2D eigenvalue weighted by atomic mass is 16.5. The molecule has 8 nitrogen and oxygen atoms in total. The molecule has 1 aromatic heterocycles. The third-order valence-corrected chi connectivity index (χ3v) is 5.05. The van der Waals surface area contributed by atoms with Crippen molar-refractivity contribution in [2.75, 3.05) is 51.8 Å². The Labute approximate surface area is 178 Å². The van der Waals surface area contributed by atoms with Gasteiger partial charge in [0.05, 0.1) is 7.11 Å². The Kier molecular flexibility index (Phi) is 7.88. The number of rotatable bonds is 7. The molecule has 1 saturated heterocycles. The number of nitrogens with zero attached hydrogens (tertiary/aromatic N) is 4. The van der Waals surface area contributed by atoms with Crippen LogP contribution < -0.4 is 20.3 Å². The predicted molar refractivity (Wildman–Crippen MR) is 119 cm³/mol. The molecule has 0 radical (unpaired) electrons. The summed E-state index contributed by atoms with van der Waals surface area (Å²) in [6.07, 6.45) is 2.23. The summed E-state index contributed by atoms with van der Waals surface area (Å²) < 4.78 is 5.25. The number of pyridine rings is 1. The Hall–Kier alpha value is -3.29. The maximum Gasteiger partial charge on any atom is 0.224 e. The van der Waals surface area contributed by atoms with Gasteiger partial charge in [-0.15, -0.1) is 0 Å². The molecule has 1 aliphatic rings. The van der Waals surface area contributed by atoms with Crippen molar-refractivity contribution in [3.63, 3.8) is 0 Å². The number of aromatic nitrogens is 1. The molecule has 0 unspecified atom stereocenters. The number of hydrogen-bond acceptors (Lipinski definition) is 5. The number of anilines is 1. The van der Waals surface area contributed by atoms with Crippen LogP contribution in [0, 0.1) is 0 Å². The van der Waals surface area contributed by atoms with Gasteiger partial charge < -0.3 is 25.2 Å². The van der Waals surface area contributed by atoms with E-state index < -0.39 is 0 Å². The summed E-state index contributed by atoms with van der Waals surface area (Å²) in [6.45, 7) is 4.22. The molecule has 1 aliphatic heterocycles. The average molecular weight is 411 g/mol. The summed E-state index contributed by atoms with van der Waals surface area (Å²) >= 11 is 0. The summed E-state index contributed by atoms with van der Waals surface area (Å²) in [5.74, 6) is 2.63. The van der Waals surface area contributed by atoms with Crippen LogP contribution in [-0.4, -0.2) is 68.6 Å². The van der Waals surface area contributed by atoms with Crippen LogP contribution in [-0.2, 0) is 11.3 Å². The summed E-state index contributed by atoms with van der Waals surface area (Å²) in [4.78, 5) is 25.3. The Bertz CT molecular complexity index is 835. The lowest BCUT2D eigenvalue weighted by molar-refractivity contribution is -0.131. The fourth-order valence-corrected chi connectivity index (χ4v) is 3.36. The highest BCUT2D eigenvalue weighted by molar-refractivity contribution is 5.81. The van der Waals surface area contributed by atoms with Gasteiger partial charge in [-0.1, -0.05) is 18.2 Å². The van der Waals surface area contributed by atoms with E-state index in [1.807, 2.05) is 47.4 Å². The van der Waals surface area contributed by atoms with E-state index in [2.05, 4.69) is 25.5 Å². The van der Waals surface area contributed by atoms with Crippen molar-refractivity contribution in [3.8, 4) is 5.75 Å². The molecule has 0 atom stereocenters. The third-order valence-electron chi connectivity index (χ3n) is 5.05. The topological polar surface area (TPSA) is 82.1 Å². The molecule has 3 rings (SSSR count). The van der Waals surface area contributed by atoms with Crippen LogP contribution >= 0.6 is 0 Å². The van der Waals surface area contributed by atoms with E-state index in [-0.39, 0.29) is 5.91 Å². The van der Waals surface area contributed by atoms with Crippen LogP contribution in [0.15, 0.2) is 53.7 Å². The van der Waals surface area contributed by atoms with Gasteiger partial charge in [0.25, 0.3) is 0 Å². The number of aliphatic imine (C=N–C) groups is 1. The smallest absolute Gasteiger partial charge is 0.224 e. The number of piperazine rings is 1. The molecular formula is C22H30N6O2. The number of benzene rings is 1. The van der Waals surface area contributed by atoms with Gasteiger partial charge in [0.15, 0.2) is 5.96 Å². The molecule has 0 saturated carbocycles. The summed E-state index contributed by atoms with van der Waals surface area (Å²) in [5.41, 5.74) is 1.10. The van der Waals surface area contributed by atoms with Gasteiger partial charge >= 0.3 is 0 Å². The van der Waals surface area contributed by atoms with E-state index in [1.54, 1.807) is 20.4 Å². The molecule has 1 aromatic carbocycles. The van der Waals surface area contributed by atoms with Crippen LogP contribution in [0.3, 0.4) is 0 Å². The van der Waals surface area contributed by atoms with Gasteiger partial charge in [-0.2, -0.15) is 0 Å². The van der Waals surface area contributed by atoms with Gasteiger partial charge in [-0.05, 0) is 29.8 Å². The number of carbonyl (C=O) groups excluding carboxylic acids is 1. The lowest BCUT2D eigenvalue weighted by Crippen LogP contribution is -2.49. The van der Waals surface area contributed by atoms with Crippen molar-refractivity contribution < 1.29 is 9.53 Å². The minimum Gasteiger partial charge on any atom is -0.497 e. The van der Waals surface area contributed by atoms with Crippen molar-refractivity contribution in [1.29, 1.82) is 0 Å². The minimum atomic E-state index is 0.159. The van der Waals surface area contributed by atoms with Gasteiger partial charge in [0, 0.05) is 58.9 Å². The second kappa shape index (κ2) is 11.0. The van der Waals surface area contributed by atoms with E-state index in [9.17, 15) is 4.79 Å². The molecule has 160 valence electrons. The molecule has 1 amide bonds. The normalized spacial score (nSPS) is 14.4. The maximum absolute atomic E-state index is 12.5. The van der Waals surface area contributed by atoms with Gasteiger partial charge in [0.2, 0.25) is 5.91 Å².